The van der Waals surface area contributed by atoms with Gasteiger partial charge >= 0.3 is 35.2 Å². The molecule has 0 aromatic carbocycles. The van der Waals surface area contributed by atoms with Crippen LogP contribution in [-0.2, 0) is 16.0 Å². The van der Waals surface area contributed by atoms with Crippen LogP contribution in [0.1, 0.15) is 0 Å². The molecule has 0 saturated heterocycles. The maximum absolute atomic E-state index is 4.36. The second-order valence-electron chi connectivity index (χ2n) is 0.0745. The van der Waals surface area contributed by atoms with Crippen molar-refractivity contribution < 1.29 is 16.0 Å². The Labute approximate surface area is 63.6 Å². The van der Waals surface area contributed by atoms with Crippen LogP contribution in [0.25, 0.3) is 0 Å². The third-order valence-corrected chi connectivity index (χ3v) is 0. The Bertz CT molecular complexity index is 27.0. The maximum atomic E-state index is 4.36. The molecule has 4 heavy (non-hydrogen) atoms. The Hall–Kier alpha value is 2.18. The standard InChI is InChI=1S/Na.Nb.2S. The summed E-state index contributed by atoms with van der Waals surface area (Å²) in [5, 5.41) is 0. The Morgan fingerprint density at radius 1 is 1.25 bits per heavy atom. The molecule has 0 spiro atoms. The van der Waals surface area contributed by atoms with Gasteiger partial charge in [-0.1, -0.05) is 0 Å². The topological polar surface area (TPSA) is 0 Å². The normalized spacial score (nSPS) is 2.00. The van der Waals surface area contributed by atoms with Crippen LogP contribution in [0.15, 0.2) is 0 Å². The second kappa shape index (κ2) is 8.95. The Morgan fingerprint density at radius 3 is 1.25 bits per heavy atom. The van der Waals surface area contributed by atoms with E-state index in [4.69, 9.17) is 0 Å². The van der Waals surface area contributed by atoms with Crippen LogP contribution in [0.5, 0.6) is 0 Å². The molecule has 0 rings (SSSR count). The van der Waals surface area contributed by atoms with E-state index in [1.807, 2.05) is 0 Å². The molecule has 0 aliphatic rings. The molecule has 0 unspecified atom stereocenters. The van der Waals surface area contributed by atoms with E-state index in [0.29, 0.717) is 0 Å². The van der Waals surface area contributed by atoms with Gasteiger partial charge in [-0.3, -0.25) is 0 Å². The summed E-state index contributed by atoms with van der Waals surface area (Å²) < 4.78 is 0. The average molecular weight is 180 g/mol. The minimum absolute atomic E-state index is 0. The third kappa shape index (κ3) is 8.89. The second-order valence-corrected chi connectivity index (χ2v) is 3.97. The fourth-order valence-electron chi connectivity index (χ4n) is 0. The Morgan fingerprint density at radius 2 is 1.25 bits per heavy atom. The molecule has 0 amide bonds. The number of hydrogen-bond donors (Lipinski definition) is 0. The van der Waals surface area contributed by atoms with E-state index in [1.165, 1.54) is 0 Å². The minimum atomic E-state index is -0.483. The van der Waals surface area contributed by atoms with Gasteiger partial charge in [0.25, 0.3) is 0 Å². The molecule has 0 N–H and O–H groups in total. The molecule has 1 radical (unpaired) electrons. The van der Waals surface area contributed by atoms with Crippen molar-refractivity contribution in [3.05, 3.63) is 0 Å². The molecule has 0 aromatic heterocycles. The van der Waals surface area contributed by atoms with E-state index in [0.717, 1.165) is 0 Å². The third-order valence-electron chi connectivity index (χ3n) is 0. The van der Waals surface area contributed by atoms with Crippen molar-refractivity contribution in [3.63, 3.8) is 0 Å². The zero-order chi connectivity index (χ0) is 2.71. The summed E-state index contributed by atoms with van der Waals surface area (Å²) in [6.45, 7) is 0. The van der Waals surface area contributed by atoms with Crippen molar-refractivity contribution >= 4 is 48.7 Å². The first-order valence-electron chi connectivity index (χ1n) is 0.365. The fraction of sp³-hybridized carbons (Fsp3) is 0. The van der Waals surface area contributed by atoms with E-state index in [2.05, 4.69) is 19.2 Å². The quantitative estimate of drug-likeness (QED) is 0.508. The molecule has 0 aliphatic heterocycles. The van der Waals surface area contributed by atoms with Gasteiger partial charge in [-0.2, -0.15) is 0 Å². The van der Waals surface area contributed by atoms with E-state index in [9.17, 15) is 0 Å². The average Bonchev–Trinajstić information content (AvgIpc) is 0.918. The molecule has 18 valence electrons. The molecule has 0 fully saturated rings. The Balaban J connectivity index is 0. The van der Waals surface area contributed by atoms with E-state index in [1.54, 1.807) is 0 Å². The van der Waals surface area contributed by atoms with Crippen LogP contribution in [0.4, 0.5) is 0 Å². The van der Waals surface area contributed by atoms with Crippen molar-refractivity contribution in [2.45, 2.75) is 0 Å². The SMILES string of the molecule is [Na].[S]=[Nb]=[S]. The van der Waals surface area contributed by atoms with E-state index in [-0.39, 0.29) is 29.6 Å². The van der Waals surface area contributed by atoms with Crippen molar-refractivity contribution in [2.75, 3.05) is 0 Å². The van der Waals surface area contributed by atoms with Gasteiger partial charge in [-0.05, 0) is 0 Å². The summed E-state index contributed by atoms with van der Waals surface area (Å²) in [6, 6.07) is 0. The summed E-state index contributed by atoms with van der Waals surface area (Å²) >= 11 is -0.483. The Kier molecular flexibility index (Phi) is 21.2. The van der Waals surface area contributed by atoms with Gasteiger partial charge < -0.3 is 0 Å². The van der Waals surface area contributed by atoms with Gasteiger partial charge in [0.05, 0.1) is 0 Å². The zero-order valence-corrected chi connectivity index (χ0v) is 8.10. The zero-order valence-electron chi connectivity index (χ0n) is 2.26. The predicted molar refractivity (Wildman–Crippen MR) is 20.9 cm³/mol. The van der Waals surface area contributed by atoms with Crippen molar-refractivity contribution in [3.8, 4) is 0 Å². The first kappa shape index (κ1) is 9.49. The van der Waals surface area contributed by atoms with Crippen LogP contribution in [-0.4, -0.2) is 29.6 Å². The van der Waals surface area contributed by atoms with Gasteiger partial charge in [-0.25, -0.2) is 0 Å². The summed E-state index contributed by atoms with van der Waals surface area (Å²) in [7, 11) is 8.72. The molecule has 0 bridgehead atoms. The molecule has 0 saturated carbocycles. The van der Waals surface area contributed by atoms with Crippen molar-refractivity contribution in [1.82, 2.24) is 0 Å². The van der Waals surface area contributed by atoms with Crippen LogP contribution >= 0.6 is 19.2 Å². The molecule has 0 atom stereocenters. The summed E-state index contributed by atoms with van der Waals surface area (Å²) in [5.41, 5.74) is 0. The summed E-state index contributed by atoms with van der Waals surface area (Å²) in [4.78, 5) is 0. The molecule has 4 heteroatoms. The fourth-order valence-corrected chi connectivity index (χ4v) is 0. The van der Waals surface area contributed by atoms with E-state index < -0.39 is 16.0 Å². The van der Waals surface area contributed by atoms with Gasteiger partial charge in [0, 0.05) is 29.6 Å². The van der Waals surface area contributed by atoms with Gasteiger partial charge in [0.2, 0.25) is 0 Å². The molecule has 0 nitrogen and oxygen atoms in total. The first-order chi connectivity index (χ1) is 1.41. The monoisotopic (exact) mass is 180 g/mol. The summed E-state index contributed by atoms with van der Waals surface area (Å²) in [6.07, 6.45) is 0. The van der Waals surface area contributed by atoms with Crippen LogP contribution in [0.3, 0.4) is 0 Å². The molecule has 0 aliphatic carbocycles. The van der Waals surface area contributed by atoms with Gasteiger partial charge in [0.15, 0.2) is 0 Å². The first-order valence-corrected chi connectivity index (χ1v) is 6.48. The van der Waals surface area contributed by atoms with Gasteiger partial charge in [0.1, 0.15) is 0 Å². The van der Waals surface area contributed by atoms with Crippen molar-refractivity contribution in [1.29, 1.82) is 0 Å². The van der Waals surface area contributed by atoms with E-state index >= 15 is 0 Å². The van der Waals surface area contributed by atoms with Crippen LogP contribution in [0.2, 0.25) is 0 Å². The predicted octanol–water partition coefficient (Wildman–Crippen LogP) is 0.913. The molecule has 0 aromatic rings. The molecular weight excluding hydrogens is 180 g/mol. The van der Waals surface area contributed by atoms with Crippen molar-refractivity contribution in [2.24, 2.45) is 0 Å². The molecular formula is NaNbS2. The van der Waals surface area contributed by atoms with Crippen LogP contribution in [0, 0.1) is 0 Å². The molecule has 0 heterocycles. The van der Waals surface area contributed by atoms with Crippen LogP contribution < -0.4 is 0 Å². The number of hydrogen-bond acceptors (Lipinski definition) is 2. The van der Waals surface area contributed by atoms with Gasteiger partial charge in [-0.15, -0.1) is 0 Å². The summed E-state index contributed by atoms with van der Waals surface area (Å²) in [5.74, 6) is 0. The number of rotatable bonds is 0.